The molecule has 0 bridgehead atoms. The van der Waals surface area contributed by atoms with Gasteiger partial charge in [0.05, 0.1) is 29.4 Å². The topological polar surface area (TPSA) is 91.9 Å². The Labute approximate surface area is 251 Å². The number of allylic oxidation sites excluding steroid dienone is 1. The lowest BCUT2D eigenvalue weighted by Crippen LogP contribution is -2.41. The summed E-state index contributed by atoms with van der Waals surface area (Å²) >= 11 is 6.80. The zero-order valence-electron chi connectivity index (χ0n) is 23.2. The number of benzene rings is 2. The molecule has 1 atom stereocenters. The van der Waals surface area contributed by atoms with Gasteiger partial charge in [0.15, 0.2) is 10.5 Å². The maximum absolute atomic E-state index is 14.4. The molecule has 13 heteroatoms. The first-order valence-corrected chi connectivity index (χ1v) is 14.4. The Bertz CT molecular complexity index is 1960. The van der Waals surface area contributed by atoms with Crippen molar-refractivity contribution in [3.8, 4) is 0 Å². The Morgan fingerprint density at radius 3 is 2.40 bits per heavy atom. The van der Waals surface area contributed by atoms with Crippen molar-refractivity contribution in [2.24, 2.45) is 4.99 Å². The Kier molecular flexibility index (Phi) is 8.35. The van der Waals surface area contributed by atoms with Crippen LogP contribution in [-0.2, 0) is 25.6 Å². The molecular weight excluding hydrogens is 607 g/mol. The summed E-state index contributed by atoms with van der Waals surface area (Å²) in [6, 6.07) is 11.6. The third-order valence-corrected chi connectivity index (χ3v) is 8.16. The normalized spacial score (nSPS) is 15.4. The minimum Gasteiger partial charge on any atom is -0.465 e. The molecule has 0 amide bonds. The first kappa shape index (κ1) is 30.3. The van der Waals surface area contributed by atoms with Crippen LogP contribution in [0.3, 0.4) is 0 Å². The van der Waals surface area contributed by atoms with E-state index in [1.807, 2.05) is 18.2 Å². The molecule has 4 aromatic rings. The number of carbonyl (C=O) groups excluding carboxylic acids is 2. The number of alkyl halides is 3. The second-order valence-corrected chi connectivity index (χ2v) is 11.0. The van der Waals surface area contributed by atoms with E-state index in [4.69, 9.17) is 21.1 Å². The van der Waals surface area contributed by atoms with Crippen molar-refractivity contribution in [3.63, 3.8) is 0 Å². The molecule has 0 spiro atoms. The molecule has 0 radical (unpaired) electrons. The molecule has 8 nitrogen and oxygen atoms in total. The number of hydrogen-bond acceptors (Lipinski definition) is 7. The zero-order chi connectivity index (χ0) is 31.1. The van der Waals surface area contributed by atoms with Gasteiger partial charge in [-0.1, -0.05) is 53.3 Å². The van der Waals surface area contributed by atoms with Gasteiger partial charge in [0, 0.05) is 27.2 Å². The average molecular weight is 632 g/mol. The van der Waals surface area contributed by atoms with Crippen LogP contribution in [0.1, 0.15) is 36.7 Å². The number of esters is 2. The molecule has 224 valence electrons. The van der Waals surface area contributed by atoms with Crippen molar-refractivity contribution in [2.45, 2.75) is 39.5 Å². The summed E-state index contributed by atoms with van der Waals surface area (Å²) in [5.74, 6) is -1.67. The molecule has 3 heterocycles. The molecule has 0 fully saturated rings. The standard InChI is InChI=1S/C30H25ClF3N3O5S/c1-4-41-23(38)15-36-16(3)20(19-8-6-7-9-21(19)36)14-22-27(39)37-25(17-10-12-18(31)13-11-17)24(28(40)42-5-2)26(30(32,33)34)35-29(37)43-22/h6-14,25H,4-5,15H2,1-3H3/b22-14-/t25-/m0/s1. The summed E-state index contributed by atoms with van der Waals surface area (Å²) in [5, 5.41) is 1.05. The van der Waals surface area contributed by atoms with Gasteiger partial charge in [0.1, 0.15) is 6.54 Å². The van der Waals surface area contributed by atoms with Crippen molar-refractivity contribution in [1.29, 1.82) is 0 Å². The average Bonchev–Trinajstić information content (AvgIpc) is 3.41. The first-order valence-electron chi connectivity index (χ1n) is 13.2. The van der Waals surface area contributed by atoms with Crippen LogP contribution < -0.4 is 14.9 Å². The number of thiazole rings is 1. The van der Waals surface area contributed by atoms with Gasteiger partial charge < -0.3 is 14.0 Å². The van der Waals surface area contributed by atoms with Crippen molar-refractivity contribution in [3.05, 3.63) is 101 Å². The number of ether oxygens (including phenoxy) is 2. The van der Waals surface area contributed by atoms with Crippen LogP contribution in [-0.4, -0.2) is 40.5 Å². The Morgan fingerprint density at radius 2 is 1.74 bits per heavy atom. The van der Waals surface area contributed by atoms with Crippen LogP contribution in [0.4, 0.5) is 13.2 Å². The lowest BCUT2D eigenvalue weighted by Gasteiger charge is -2.26. The number of rotatable bonds is 7. The van der Waals surface area contributed by atoms with Crippen LogP contribution >= 0.6 is 22.9 Å². The van der Waals surface area contributed by atoms with Gasteiger partial charge >= 0.3 is 18.1 Å². The summed E-state index contributed by atoms with van der Waals surface area (Å²) in [5.41, 5.74) is -0.674. The number of hydrogen-bond donors (Lipinski definition) is 0. The van der Waals surface area contributed by atoms with E-state index in [0.29, 0.717) is 16.3 Å². The van der Waals surface area contributed by atoms with Crippen molar-refractivity contribution in [2.75, 3.05) is 13.2 Å². The largest absolute Gasteiger partial charge is 0.465 e. The van der Waals surface area contributed by atoms with Crippen LogP contribution in [0, 0.1) is 6.92 Å². The summed E-state index contributed by atoms with van der Waals surface area (Å²) < 4.78 is 56.2. The molecule has 0 unspecified atom stereocenters. The minimum atomic E-state index is -5.01. The molecule has 5 rings (SSSR count). The van der Waals surface area contributed by atoms with E-state index in [2.05, 4.69) is 4.99 Å². The third-order valence-electron chi connectivity index (χ3n) is 6.93. The predicted octanol–water partition coefficient (Wildman–Crippen LogP) is 4.82. The Balaban J connectivity index is 1.79. The number of aromatic nitrogens is 2. The Hall–Kier alpha value is -4.16. The van der Waals surface area contributed by atoms with Crippen LogP contribution in [0.15, 0.2) is 69.6 Å². The highest BCUT2D eigenvalue weighted by Crippen LogP contribution is 2.38. The summed E-state index contributed by atoms with van der Waals surface area (Å²) in [7, 11) is 0. The Morgan fingerprint density at radius 1 is 1.07 bits per heavy atom. The lowest BCUT2D eigenvalue weighted by molar-refractivity contribution is -0.143. The fraction of sp³-hybridized carbons (Fsp3) is 0.267. The first-order chi connectivity index (χ1) is 20.5. The molecule has 2 aromatic carbocycles. The predicted molar refractivity (Wildman–Crippen MR) is 156 cm³/mol. The molecule has 2 aromatic heterocycles. The van der Waals surface area contributed by atoms with E-state index in [1.54, 1.807) is 30.6 Å². The highest BCUT2D eigenvalue weighted by atomic mass is 35.5. The van der Waals surface area contributed by atoms with Gasteiger partial charge in [0.2, 0.25) is 0 Å². The van der Waals surface area contributed by atoms with Gasteiger partial charge in [-0.2, -0.15) is 13.2 Å². The summed E-state index contributed by atoms with van der Waals surface area (Å²) in [6.45, 7) is 4.92. The summed E-state index contributed by atoms with van der Waals surface area (Å²) in [4.78, 5) is 42.9. The van der Waals surface area contributed by atoms with E-state index in [1.165, 1.54) is 31.2 Å². The maximum Gasteiger partial charge on any atom is 0.434 e. The molecular formula is C30H25ClF3N3O5S. The number of carbonyl (C=O) groups is 2. The number of para-hydroxylation sites is 1. The van der Waals surface area contributed by atoms with E-state index in [0.717, 1.165) is 26.8 Å². The summed E-state index contributed by atoms with van der Waals surface area (Å²) in [6.07, 6.45) is -3.44. The third kappa shape index (κ3) is 5.64. The van der Waals surface area contributed by atoms with Gasteiger partial charge in [-0.3, -0.25) is 14.2 Å². The number of nitrogens with zero attached hydrogens (tertiary/aromatic N) is 3. The second kappa shape index (κ2) is 11.8. The van der Waals surface area contributed by atoms with Crippen LogP contribution in [0.5, 0.6) is 0 Å². The smallest absolute Gasteiger partial charge is 0.434 e. The van der Waals surface area contributed by atoms with Gasteiger partial charge in [-0.05, 0) is 50.6 Å². The second-order valence-electron chi connectivity index (χ2n) is 9.52. The SMILES string of the molecule is CCOC(=O)Cn1c(C)c(/C=c2\sc3n(c2=O)[C@@H](c2ccc(Cl)cc2)C(C(=O)OCC)=C(C(F)(F)F)N=3)c2ccccc21. The van der Waals surface area contributed by atoms with Crippen molar-refractivity contribution < 1.29 is 32.2 Å². The molecule has 0 saturated heterocycles. The monoisotopic (exact) mass is 631 g/mol. The fourth-order valence-electron chi connectivity index (χ4n) is 5.11. The fourth-order valence-corrected chi connectivity index (χ4v) is 6.22. The van der Waals surface area contributed by atoms with Crippen LogP contribution in [0.25, 0.3) is 17.0 Å². The molecule has 43 heavy (non-hydrogen) atoms. The van der Waals surface area contributed by atoms with Crippen LogP contribution in [0.2, 0.25) is 5.02 Å². The maximum atomic E-state index is 14.4. The number of fused-ring (bicyclic) bond motifs is 2. The highest BCUT2D eigenvalue weighted by Gasteiger charge is 2.45. The van der Waals surface area contributed by atoms with Crippen molar-refractivity contribution >= 4 is 51.9 Å². The van der Waals surface area contributed by atoms with E-state index < -0.39 is 41.0 Å². The van der Waals surface area contributed by atoms with Crippen molar-refractivity contribution in [1.82, 2.24) is 9.13 Å². The molecule has 1 aliphatic rings. The quantitative estimate of drug-likeness (QED) is 0.273. The molecule has 1 aliphatic heterocycles. The highest BCUT2D eigenvalue weighted by molar-refractivity contribution is 7.07. The van der Waals surface area contributed by atoms with Gasteiger partial charge in [-0.25, -0.2) is 9.79 Å². The van der Waals surface area contributed by atoms with E-state index >= 15 is 0 Å². The number of halogens is 4. The minimum absolute atomic E-state index is 0.0658. The van der Waals surface area contributed by atoms with Gasteiger partial charge in [0.25, 0.3) is 5.56 Å². The molecule has 0 aliphatic carbocycles. The van der Waals surface area contributed by atoms with E-state index in [9.17, 15) is 27.6 Å². The molecule has 0 saturated carbocycles. The lowest BCUT2D eigenvalue weighted by atomic mass is 9.95. The van der Waals surface area contributed by atoms with Gasteiger partial charge in [-0.15, -0.1) is 0 Å². The molecule has 0 N–H and O–H groups in total. The zero-order valence-corrected chi connectivity index (χ0v) is 24.8. The van der Waals surface area contributed by atoms with E-state index in [-0.39, 0.29) is 34.7 Å².